The minimum Gasteiger partial charge on any atom is -0.503 e. The molecule has 0 spiro atoms. The molecule has 3 N–H and O–H groups in total. The zero-order valence-electron chi connectivity index (χ0n) is 12.4. The Balaban J connectivity index is 1.98. The van der Waals surface area contributed by atoms with E-state index in [1.165, 1.54) is 17.8 Å². The number of hydrogen-bond donors (Lipinski definition) is 3. The molecule has 0 radical (unpaired) electrons. The van der Waals surface area contributed by atoms with Crippen LogP contribution >= 0.6 is 23.4 Å². The van der Waals surface area contributed by atoms with E-state index in [0.717, 1.165) is 0 Å². The molecule has 0 saturated heterocycles. The van der Waals surface area contributed by atoms with Crippen molar-refractivity contribution in [3.05, 3.63) is 34.1 Å². The average Bonchev–Trinajstić information content (AvgIpc) is 2.55. The maximum atomic E-state index is 12.6. The Bertz CT molecular complexity index is 992. The molecule has 24 heavy (non-hydrogen) atoms. The number of hydrogen-bond acceptors (Lipinski definition) is 8. The molecule has 0 fully saturated rings. The first kappa shape index (κ1) is 16.8. The lowest BCUT2D eigenvalue weighted by molar-refractivity contribution is 0.437. The summed E-state index contributed by atoms with van der Waals surface area (Å²) in [6.07, 6.45) is 1.73. The molecule has 1 aliphatic rings. The molecular formula is C13H11ClN4O4S2. The zero-order valence-corrected chi connectivity index (χ0v) is 14.8. The van der Waals surface area contributed by atoms with Crippen molar-refractivity contribution in [2.24, 2.45) is 0 Å². The summed E-state index contributed by atoms with van der Waals surface area (Å²) in [5.74, 6) is -1.18. The summed E-state index contributed by atoms with van der Waals surface area (Å²) in [7, 11) is -3.99. The number of rotatable bonds is 4. The summed E-state index contributed by atoms with van der Waals surface area (Å²) in [6.45, 7) is 1.69. The van der Waals surface area contributed by atoms with Gasteiger partial charge in [0, 0.05) is 9.92 Å². The smallest absolute Gasteiger partial charge is 0.265 e. The van der Waals surface area contributed by atoms with Gasteiger partial charge in [-0.15, -0.1) is 22.0 Å². The summed E-state index contributed by atoms with van der Waals surface area (Å²) in [5, 5.41) is 26.5. The van der Waals surface area contributed by atoms with Crippen LogP contribution in [0.15, 0.2) is 21.9 Å². The van der Waals surface area contributed by atoms with Gasteiger partial charge in [-0.2, -0.15) is 0 Å². The van der Waals surface area contributed by atoms with Crippen molar-refractivity contribution in [1.82, 2.24) is 15.2 Å². The number of halogens is 1. The highest BCUT2D eigenvalue weighted by Gasteiger charge is 2.31. The van der Waals surface area contributed by atoms with Gasteiger partial charge in [0.2, 0.25) is 0 Å². The van der Waals surface area contributed by atoms with Crippen molar-refractivity contribution in [2.75, 3.05) is 11.0 Å². The topological polar surface area (TPSA) is 125 Å². The van der Waals surface area contributed by atoms with Crippen molar-refractivity contribution in [3.8, 4) is 0 Å². The molecule has 1 aromatic carbocycles. The molecule has 0 amide bonds. The van der Waals surface area contributed by atoms with Gasteiger partial charge in [0.1, 0.15) is 10.6 Å². The van der Waals surface area contributed by atoms with Crippen LogP contribution in [0.3, 0.4) is 0 Å². The predicted octanol–water partition coefficient (Wildman–Crippen LogP) is 2.61. The molecule has 0 unspecified atom stereocenters. The number of aryl methyl sites for hydroxylation is 1. The zero-order chi connectivity index (χ0) is 17.6. The largest absolute Gasteiger partial charge is 0.503 e. The number of sulfonamides is 1. The molecule has 126 valence electrons. The summed E-state index contributed by atoms with van der Waals surface area (Å²) in [4.78, 5) is 4.33. The third-order valence-corrected chi connectivity index (χ3v) is 6.00. The first-order valence-electron chi connectivity index (χ1n) is 6.49. The van der Waals surface area contributed by atoms with E-state index in [0.29, 0.717) is 15.5 Å². The number of benzene rings is 1. The summed E-state index contributed by atoms with van der Waals surface area (Å²) >= 11 is 7.26. The molecular weight excluding hydrogens is 376 g/mol. The molecule has 0 aliphatic heterocycles. The number of nitrogens with one attached hydrogen (secondary N) is 1. The van der Waals surface area contributed by atoms with Crippen molar-refractivity contribution in [2.45, 2.75) is 16.7 Å². The minimum absolute atomic E-state index is 0.0161. The molecule has 0 saturated carbocycles. The van der Waals surface area contributed by atoms with Gasteiger partial charge in [0.25, 0.3) is 16.0 Å². The van der Waals surface area contributed by atoms with Crippen molar-refractivity contribution in [1.29, 1.82) is 0 Å². The number of aromatic nitrogens is 3. The second-order valence-corrected chi connectivity index (χ2v) is 7.79. The quantitative estimate of drug-likeness (QED) is 0.684. The fourth-order valence-electron chi connectivity index (χ4n) is 2.04. The number of fused-ring (bicyclic) bond motifs is 1. The third-order valence-electron chi connectivity index (χ3n) is 3.32. The Kier molecular flexibility index (Phi) is 4.06. The molecule has 3 rings (SSSR count). The Hall–Kier alpha value is -2.04. The van der Waals surface area contributed by atoms with E-state index in [1.807, 2.05) is 0 Å². The minimum atomic E-state index is -3.99. The second kappa shape index (κ2) is 5.80. The monoisotopic (exact) mass is 386 g/mol. The van der Waals surface area contributed by atoms with Crippen LogP contribution in [0, 0.1) is 6.92 Å². The molecule has 0 atom stereocenters. The lowest BCUT2D eigenvalue weighted by Gasteiger charge is -2.16. The van der Waals surface area contributed by atoms with E-state index in [2.05, 4.69) is 19.9 Å². The molecule has 8 nitrogen and oxygen atoms in total. The third kappa shape index (κ3) is 2.66. The van der Waals surface area contributed by atoms with Crippen LogP contribution < -0.4 is 4.72 Å². The van der Waals surface area contributed by atoms with Gasteiger partial charge in [-0.3, -0.25) is 0 Å². The van der Waals surface area contributed by atoms with Crippen LogP contribution in [0.4, 0.5) is 5.95 Å². The van der Waals surface area contributed by atoms with Gasteiger partial charge < -0.3 is 10.2 Å². The molecule has 1 heterocycles. The van der Waals surface area contributed by atoms with E-state index in [-0.39, 0.29) is 22.2 Å². The lowest BCUT2D eigenvalue weighted by Crippen LogP contribution is -2.20. The van der Waals surface area contributed by atoms with E-state index >= 15 is 0 Å². The second-order valence-electron chi connectivity index (χ2n) is 4.89. The fraction of sp³-hybridized carbons (Fsp3) is 0.154. The Labute approximate surface area is 146 Å². The van der Waals surface area contributed by atoms with Crippen LogP contribution in [0.1, 0.15) is 17.0 Å². The maximum Gasteiger partial charge on any atom is 0.265 e. The van der Waals surface area contributed by atoms with E-state index in [4.69, 9.17) is 11.6 Å². The maximum absolute atomic E-state index is 12.6. The SMILES string of the molecule is CSc1cc(Cl)c(C)cc1S(=O)(=O)Nc1nnc2c(n1)C(O)=C2O. The number of aliphatic hydroxyl groups excluding tert-OH is 2. The van der Waals surface area contributed by atoms with Crippen LogP contribution in [0.5, 0.6) is 0 Å². The summed E-state index contributed by atoms with van der Waals surface area (Å²) < 4.78 is 27.4. The average molecular weight is 387 g/mol. The van der Waals surface area contributed by atoms with E-state index in [9.17, 15) is 18.6 Å². The Morgan fingerprint density at radius 3 is 2.50 bits per heavy atom. The standard InChI is InChI=1S/C13H11ClN4O4S2/c1-5-3-8(7(23-2)4-6(5)14)24(21,22)18-13-15-9-10(16-17-13)12(20)11(9)19/h3-4,19-20H,1-2H3,(H,15,17,18). The molecule has 11 heteroatoms. The first-order valence-corrected chi connectivity index (χ1v) is 9.58. The van der Waals surface area contributed by atoms with Crippen LogP contribution in [0.25, 0.3) is 11.5 Å². The van der Waals surface area contributed by atoms with Crippen molar-refractivity contribution >= 4 is 50.9 Å². The highest BCUT2D eigenvalue weighted by Crippen LogP contribution is 2.34. The summed E-state index contributed by atoms with van der Waals surface area (Å²) in [6, 6.07) is 3.02. The molecule has 1 aromatic heterocycles. The van der Waals surface area contributed by atoms with Gasteiger partial charge in [0.15, 0.2) is 17.2 Å². The molecule has 2 aromatic rings. The van der Waals surface area contributed by atoms with Crippen molar-refractivity contribution in [3.63, 3.8) is 0 Å². The normalized spacial score (nSPS) is 13.5. The molecule has 1 aliphatic carbocycles. The predicted molar refractivity (Wildman–Crippen MR) is 90.7 cm³/mol. The Morgan fingerprint density at radius 1 is 1.17 bits per heavy atom. The van der Waals surface area contributed by atoms with Crippen LogP contribution in [0.2, 0.25) is 5.02 Å². The highest BCUT2D eigenvalue weighted by molar-refractivity contribution is 7.99. The van der Waals surface area contributed by atoms with Gasteiger partial charge in [-0.1, -0.05) is 11.6 Å². The van der Waals surface area contributed by atoms with Gasteiger partial charge in [-0.25, -0.2) is 18.1 Å². The van der Waals surface area contributed by atoms with E-state index < -0.39 is 21.5 Å². The Morgan fingerprint density at radius 2 is 1.83 bits per heavy atom. The van der Waals surface area contributed by atoms with E-state index in [1.54, 1.807) is 19.2 Å². The number of anilines is 1. The van der Waals surface area contributed by atoms with Gasteiger partial charge >= 0.3 is 0 Å². The number of aliphatic hydroxyl groups is 2. The highest BCUT2D eigenvalue weighted by atomic mass is 35.5. The number of thioether (sulfide) groups is 1. The van der Waals surface area contributed by atoms with Crippen LogP contribution in [-0.4, -0.2) is 40.1 Å². The number of nitrogens with zero attached hydrogens (tertiary/aromatic N) is 3. The molecule has 0 bridgehead atoms. The summed E-state index contributed by atoms with van der Waals surface area (Å²) in [5.41, 5.74) is 0.608. The van der Waals surface area contributed by atoms with Gasteiger partial charge in [-0.05, 0) is 30.9 Å². The van der Waals surface area contributed by atoms with Crippen molar-refractivity contribution < 1.29 is 18.6 Å². The lowest BCUT2D eigenvalue weighted by atomic mass is 10.1. The fourth-order valence-corrected chi connectivity index (χ4v) is 4.43. The first-order chi connectivity index (χ1) is 11.2. The van der Waals surface area contributed by atoms with Gasteiger partial charge in [0.05, 0.1) is 0 Å². The van der Waals surface area contributed by atoms with Crippen LogP contribution in [-0.2, 0) is 10.0 Å².